The Balaban J connectivity index is 2.62. The number of hydrogen-bond donors (Lipinski definition) is 2. The van der Waals surface area contributed by atoms with Gasteiger partial charge in [-0.1, -0.05) is 37.3 Å². The molecule has 2 atom stereocenters. The van der Waals surface area contributed by atoms with Crippen molar-refractivity contribution in [3.63, 3.8) is 0 Å². The molecule has 0 aliphatic rings. The van der Waals surface area contributed by atoms with Crippen molar-refractivity contribution < 1.29 is 24.2 Å². The maximum atomic E-state index is 12.2. The molecule has 0 fully saturated rings. The molecule has 128 valence electrons. The highest BCUT2D eigenvalue weighted by atomic mass is 16.6. The zero-order valence-corrected chi connectivity index (χ0v) is 14.0. The lowest BCUT2D eigenvalue weighted by atomic mass is 10.0. The molecule has 2 N–H and O–H groups in total. The molecule has 1 aromatic rings. The van der Waals surface area contributed by atoms with Gasteiger partial charge >= 0.3 is 12.1 Å². The van der Waals surface area contributed by atoms with Gasteiger partial charge in [0, 0.05) is 12.5 Å². The minimum absolute atomic E-state index is 0.0984. The lowest BCUT2D eigenvalue weighted by Gasteiger charge is -2.27. The standard InChI is InChI=1S/C17H25NO5/c1-12(10-19)14(15(20)23-17(2,3)4)18-16(21)22-11-13-8-6-5-7-9-13/h5-9,12,14,19H,10-11H2,1-4H3,(H,18,21). The molecule has 0 aromatic heterocycles. The molecule has 23 heavy (non-hydrogen) atoms. The van der Waals surface area contributed by atoms with Crippen molar-refractivity contribution in [3.8, 4) is 0 Å². The molecule has 0 saturated heterocycles. The van der Waals surface area contributed by atoms with Crippen molar-refractivity contribution in [3.05, 3.63) is 35.9 Å². The van der Waals surface area contributed by atoms with E-state index in [0.29, 0.717) is 0 Å². The second kappa shape index (κ2) is 8.53. The third kappa shape index (κ3) is 7.15. The van der Waals surface area contributed by atoms with E-state index in [2.05, 4.69) is 5.32 Å². The minimum Gasteiger partial charge on any atom is -0.458 e. The van der Waals surface area contributed by atoms with Gasteiger partial charge in [-0.05, 0) is 26.3 Å². The van der Waals surface area contributed by atoms with E-state index in [-0.39, 0.29) is 13.2 Å². The van der Waals surface area contributed by atoms with Crippen LogP contribution >= 0.6 is 0 Å². The van der Waals surface area contributed by atoms with Crippen molar-refractivity contribution in [1.29, 1.82) is 0 Å². The molecule has 0 spiro atoms. The first-order valence-electron chi connectivity index (χ1n) is 7.54. The van der Waals surface area contributed by atoms with Gasteiger partial charge in [-0.3, -0.25) is 0 Å². The maximum absolute atomic E-state index is 12.2. The lowest BCUT2D eigenvalue weighted by Crippen LogP contribution is -2.48. The third-order valence-corrected chi connectivity index (χ3v) is 3.00. The smallest absolute Gasteiger partial charge is 0.408 e. The van der Waals surface area contributed by atoms with Crippen molar-refractivity contribution >= 4 is 12.1 Å². The summed E-state index contributed by atoms with van der Waals surface area (Å²) in [5.41, 5.74) is 0.159. The molecule has 1 rings (SSSR count). The number of benzene rings is 1. The van der Waals surface area contributed by atoms with Gasteiger partial charge in [-0.2, -0.15) is 0 Å². The van der Waals surface area contributed by atoms with Gasteiger partial charge in [0.2, 0.25) is 0 Å². The molecule has 0 heterocycles. The minimum atomic E-state index is -0.970. The van der Waals surface area contributed by atoms with Crippen LogP contribution in [0, 0.1) is 5.92 Å². The average Bonchev–Trinajstić information content (AvgIpc) is 2.49. The Morgan fingerprint density at radius 1 is 1.22 bits per heavy atom. The van der Waals surface area contributed by atoms with Crippen molar-refractivity contribution in [2.75, 3.05) is 6.61 Å². The molecule has 6 heteroatoms. The monoisotopic (exact) mass is 323 g/mol. The Morgan fingerprint density at radius 3 is 2.35 bits per heavy atom. The van der Waals surface area contributed by atoms with Crippen LogP contribution in [0.5, 0.6) is 0 Å². The normalized spacial score (nSPS) is 13.8. The summed E-state index contributed by atoms with van der Waals surface area (Å²) in [5, 5.41) is 11.7. The fourth-order valence-electron chi connectivity index (χ4n) is 1.80. The van der Waals surface area contributed by atoms with Gasteiger partial charge in [0.25, 0.3) is 0 Å². The van der Waals surface area contributed by atoms with Crippen LogP contribution in [-0.4, -0.2) is 35.4 Å². The highest BCUT2D eigenvalue weighted by Gasteiger charge is 2.31. The van der Waals surface area contributed by atoms with E-state index in [1.165, 1.54) is 0 Å². The Bertz CT molecular complexity index is 509. The van der Waals surface area contributed by atoms with Gasteiger partial charge < -0.3 is 19.9 Å². The predicted octanol–water partition coefficient (Wildman–Crippen LogP) is 2.25. The summed E-state index contributed by atoms with van der Waals surface area (Å²) in [6.07, 6.45) is -0.731. The van der Waals surface area contributed by atoms with Crippen LogP contribution in [0.1, 0.15) is 33.3 Å². The largest absolute Gasteiger partial charge is 0.458 e. The van der Waals surface area contributed by atoms with Crippen LogP contribution < -0.4 is 5.32 Å². The van der Waals surface area contributed by atoms with E-state index in [4.69, 9.17) is 9.47 Å². The Kier molecular flexibility index (Phi) is 7.03. The number of alkyl carbamates (subject to hydrolysis) is 1. The molecule has 0 aliphatic heterocycles. The SMILES string of the molecule is CC(CO)C(NC(=O)OCc1ccccc1)C(=O)OC(C)(C)C. The average molecular weight is 323 g/mol. The van der Waals surface area contributed by atoms with Crippen LogP contribution in [0.15, 0.2) is 30.3 Å². The number of aliphatic hydroxyl groups is 1. The topological polar surface area (TPSA) is 84.9 Å². The first kappa shape index (κ1) is 19.0. The number of hydrogen-bond acceptors (Lipinski definition) is 5. The Morgan fingerprint density at radius 2 is 1.83 bits per heavy atom. The molecular formula is C17H25NO5. The number of carbonyl (C=O) groups excluding carboxylic acids is 2. The number of nitrogens with one attached hydrogen (secondary N) is 1. The van der Waals surface area contributed by atoms with Gasteiger partial charge in [-0.25, -0.2) is 9.59 Å². The van der Waals surface area contributed by atoms with Crippen LogP contribution in [-0.2, 0) is 20.9 Å². The predicted molar refractivity (Wildman–Crippen MR) is 85.6 cm³/mol. The number of aliphatic hydroxyl groups excluding tert-OH is 1. The van der Waals surface area contributed by atoms with E-state index in [1.807, 2.05) is 30.3 Å². The number of esters is 1. The number of rotatable bonds is 6. The first-order valence-corrected chi connectivity index (χ1v) is 7.54. The van der Waals surface area contributed by atoms with Crippen LogP contribution in [0.2, 0.25) is 0 Å². The first-order chi connectivity index (χ1) is 10.7. The number of ether oxygens (including phenoxy) is 2. The van der Waals surface area contributed by atoms with E-state index < -0.39 is 29.6 Å². The van der Waals surface area contributed by atoms with Crippen molar-refractivity contribution in [2.24, 2.45) is 5.92 Å². The van der Waals surface area contributed by atoms with Crippen molar-refractivity contribution in [2.45, 2.75) is 45.9 Å². The molecule has 6 nitrogen and oxygen atoms in total. The molecule has 1 aromatic carbocycles. The summed E-state index contributed by atoms with van der Waals surface area (Å²) in [6.45, 7) is 6.69. The van der Waals surface area contributed by atoms with E-state index in [9.17, 15) is 14.7 Å². The van der Waals surface area contributed by atoms with Crippen LogP contribution in [0.25, 0.3) is 0 Å². The van der Waals surface area contributed by atoms with E-state index >= 15 is 0 Å². The highest BCUT2D eigenvalue weighted by molar-refractivity contribution is 5.81. The van der Waals surface area contributed by atoms with E-state index in [1.54, 1.807) is 27.7 Å². The molecule has 0 bridgehead atoms. The van der Waals surface area contributed by atoms with Gasteiger partial charge in [0.1, 0.15) is 18.2 Å². The summed E-state index contributed by atoms with van der Waals surface area (Å²) >= 11 is 0. The lowest BCUT2D eigenvalue weighted by molar-refractivity contribution is -0.159. The number of carbonyl (C=O) groups is 2. The quantitative estimate of drug-likeness (QED) is 0.784. The number of amides is 1. The summed E-state index contributed by atoms with van der Waals surface area (Å²) in [5.74, 6) is -1.09. The summed E-state index contributed by atoms with van der Waals surface area (Å²) in [6, 6.07) is 8.24. The van der Waals surface area contributed by atoms with Crippen LogP contribution in [0.3, 0.4) is 0 Å². The van der Waals surface area contributed by atoms with Gasteiger partial charge in [0.15, 0.2) is 0 Å². The second-order valence-electron chi connectivity index (χ2n) is 6.38. The van der Waals surface area contributed by atoms with E-state index in [0.717, 1.165) is 5.56 Å². The second-order valence-corrected chi connectivity index (χ2v) is 6.38. The van der Waals surface area contributed by atoms with Crippen molar-refractivity contribution in [1.82, 2.24) is 5.32 Å². The molecule has 2 unspecified atom stereocenters. The van der Waals surface area contributed by atoms with Crippen LogP contribution in [0.4, 0.5) is 4.79 Å². The maximum Gasteiger partial charge on any atom is 0.408 e. The molecular weight excluding hydrogens is 298 g/mol. The summed E-state index contributed by atoms with van der Waals surface area (Å²) in [4.78, 5) is 24.1. The summed E-state index contributed by atoms with van der Waals surface area (Å²) in [7, 11) is 0. The van der Waals surface area contributed by atoms with Gasteiger partial charge in [-0.15, -0.1) is 0 Å². The highest BCUT2D eigenvalue weighted by Crippen LogP contribution is 2.13. The zero-order chi connectivity index (χ0) is 17.5. The Hall–Kier alpha value is -2.08. The zero-order valence-electron chi connectivity index (χ0n) is 14.0. The molecule has 0 radical (unpaired) electrons. The fourth-order valence-corrected chi connectivity index (χ4v) is 1.80. The third-order valence-electron chi connectivity index (χ3n) is 3.00. The Labute approximate surface area is 136 Å². The van der Waals surface area contributed by atoms with Gasteiger partial charge in [0.05, 0.1) is 0 Å². The molecule has 1 amide bonds. The summed E-state index contributed by atoms with van der Waals surface area (Å²) < 4.78 is 10.4. The fraction of sp³-hybridized carbons (Fsp3) is 0.529. The molecule has 0 saturated carbocycles. The molecule has 0 aliphatic carbocycles.